The molecule has 0 heterocycles. The Kier molecular flexibility index (Phi) is 4.32. The first kappa shape index (κ1) is 9.66. The fraction of sp³-hybridized carbons (Fsp3) is 0.750. The third-order valence-corrected chi connectivity index (χ3v) is 1.43. The Hall–Kier alpha value is -0.340. The molecule has 0 radical (unpaired) electrons. The van der Waals surface area contributed by atoms with Crippen molar-refractivity contribution in [3.63, 3.8) is 0 Å². The maximum atomic E-state index is 9.49. The van der Waals surface area contributed by atoms with Gasteiger partial charge in [-0.3, -0.25) is 0 Å². The van der Waals surface area contributed by atoms with Crippen LogP contribution in [0.5, 0.6) is 0 Å². The SMILES string of the molecule is C=CCC(C)(O)CCOC. The third-order valence-electron chi connectivity index (χ3n) is 1.43. The molecule has 0 rings (SSSR count). The highest BCUT2D eigenvalue weighted by atomic mass is 16.5. The van der Waals surface area contributed by atoms with Crippen LogP contribution in [0.1, 0.15) is 19.8 Å². The van der Waals surface area contributed by atoms with Crippen molar-refractivity contribution in [1.82, 2.24) is 0 Å². The molecule has 0 aromatic heterocycles. The lowest BCUT2D eigenvalue weighted by atomic mass is 9.99. The molecule has 0 aromatic carbocycles. The van der Waals surface area contributed by atoms with Crippen LogP contribution >= 0.6 is 0 Å². The van der Waals surface area contributed by atoms with Gasteiger partial charge in [-0.05, 0) is 19.8 Å². The highest BCUT2D eigenvalue weighted by Crippen LogP contribution is 2.13. The van der Waals surface area contributed by atoms with Gasteiger partial charge < -0.3 is 9.84 Å². The van der Waals surface area contributed by atoms with E-state index >= 15 is 0 Å². The molecule has 0 aromatic rings. The largest absolute Gasteiger partial charge is 0.390 e. The van der Waals surface area contributed by atoms with Gasteiger partial charge in [-0.15, -0.1) is 6.58 Å². The maximum Gasteiger partial charge on any atom is 0.0675 e. The van der Waals surface area contributed by atoms with Gasteiger partial charge in [-0.25, -0.2) is 0 Å². The van der Waals surface area contributed by atoms with Crippen LogP contribution in [0.2, 0.25) is 0 Å². The number of hydrogen-bond acceptors (Lipinski definition) is 2. The van der Waals surface area contributed by atoms with Crippen molar-refractivity contribution in [3.05, 3.63) is 12.7 Å². The molecule has 2 nitrogen and oxygen atoms in total. The molecule has 0 spiro atoms. The Morgan fingerprint density at radius 1 is 1.70 bits per heavy atom. The number of methoxy groups -OCH3 is 1. The second kappa shape index (κ2) is 4.47. The van der Waals surface area contributed by atoms with Gasteiger partial charge in [-0.2, -0.15) is 0 Å². The van der Waals surface area contributed by atoms with E-state index in [1.807, 2.05) is 0 Å². The summed E-state index contributed by atoms with van der Waals surface area (Å²) in [7, 11) is 1.63. The molecule has 0 aliphatic heterocycles. The highest BCUT2D eigenvalue weighted by molar-refractivity contribution is 4.82. The predicted molar refractivity (Wildman–Crippen MR) is 41.9 cm³/mol. The second-order valence-electron chi connectivity index (χ2n) is 2.73. The van der Waals surface area contributed by atoms with E-state index < -0.39 is 5.60 Å². The number of rotatable bonds is 5. The zero-order chi connectivity index (χ0) is 8.04. The van der Waals surface area contributed by atoms with Crippen LogP contribution in [0.3, 0.4) is 0 Å². The first-order chi connectivity index (χ1) is 4.62. The van der Waals surface area contributed by atoms with Gasteiger partial charge in [-0.1, -0.05) is 6.08 Å². The zero-order valence-corrected chi connectivity index (χ0v) is 6.76. The monoisotopic (exact) mass is 144 g/mol. The van der Waals surface area contributed by atoms with E-state index in [0.717, 1.165) is 0 Å². The molecule has 2 heteroatoms. The summed E-state index contributed by atoms with van der Waals surface area (Å²) in [5.41, 5.74) is -0.641. The van der Waals surface area contributed by atoms with E-state index in [1.165, 1.54) is 0 Å². The summed E-state index contributed by atoms with van der Waals surface area (Å²) in [6, 6.07) is 0. The second-order valence-corrected chi connectivity index (χ2v) is 2.73. The Bertz CT molecular complexity index is 97.4. The van der Waals surface area contributed by atoms with E-state index in [2.05, 4.69) is 6.58 Å². The summed E-state index contributed by atoms with van der Waals surface area (Å²) in [5, 5.41) is 9.49. The lowest BCUT2D eigenvalue weighted by Crippen LogP contribution is -2.24. The number of hydrogen-bond donors (Lipinski definition) is 1. The van der Waals surface area contributed by atoms with Crippen LogP contribution in [0.4, 0.5) is 0 Å². The third kappa shape index (κ3) is 4.53. The van der Waals surface area contributed by atoms with Crippen molar-refractivity contribution >= 4 is 0 Å². The molecule has 0 fully saturated rings. The highest BCUT2D eigenvalue weighted by Gasteiger charge is 2.16. The standard InChI is InChI=1S/C8H16O2/c1-4-5-8(2,9)6-7-10-3/h4,9H,1,5-7H2,2-3H3. The van der Waals surface area contributed by atoms with E-state index in [-0.39, 0.29) is 0 Å². The summed E-state index contributed by atoms with van der Waals surface area (Å²) in [4.78, 5) is 0. The predicted octanol–water partition coefficient (Wildman–Crippen LogP) is 1.35. The smallest absolute Gasteiger partial charge is 0.0675 e. The minimum absolute atomic E-state index is 0.598. The summed E-state index contributed by atoms with van der Waals surface area (Å²) >= 11 is 0. The lowest BCUT2D eigenvalue weighted by Gasteiger charge is -2.20. The molecular formula is C8H16O2. The van der Waals surface area contributed by atoms with Gasteiger partial charge in [0.15, 0.2) is 0 Å². The van der Waals surface area contributed by atoms with E-state index in [1.54, 1.807) is 20.1 Å². The van der Waals surface area contributed by atoms with Gasteiger partial charge in [0, 0.05) is 13.7 Å². The van der Waals surface area contributed by atoms with Gasteiger partial charge in [0.2, 0.25) is 0 Å². The van der Waals surface area contributed by atoms with Crippen molar-refractivity contribution in [2.75, 3.05) is 13.7 Å². The molecule has 1 unspecified atom stereocenters. The molecule has 0 amide bonds. The topological polar surface area (TPSA) is 29.5 Å². The van der Waals surface area contributed by atoms with Crippen LogP contribution in [0, 0.1) is 0 Å². The van der Waals surface area contributed by atoms with Gasteiger partial charge in [0.25, 0.3) is 0 Å². The Morgan fingerprint density at radius 3 is 2.70 bits per heavy atom. The first-order valence-corrected chi connectivity index (χ1v) is 3.44. The molecule has 0 bridgehead atoms. The lowest BCUT2D eigenvalue weighted by molar-refractivity contribution is 0.0272. The summed E-state index contributed by atoms with van der Waals surface area (Å²) in [5.74, 6) is 0. The minimum Gasteiger partial charge on any atom is -0.390 e. The zero-order valence-electron chi connectivity index (χ0n) is 6.76. The molecule has 0 saturated carbocycles. The van der Waals surface area contributed by atoms with Crippen LogP contribution < -0.4 is 0 Å². The molecule has 0 aliphatic carbocycles. The minimum atomic E-state index is -0.641. The Morgan fingerprint density at radius 2 is 2.30 bits per heavy atom. The molecular weight excluding hydrogens is 128 g/mol. The average Bonchev–Trinajstić information content (AvgIpc) is 1.84. The summed E-state index contributed by atoms with van der Waals surface area (Å²) in [6.45, 7) is 5.94. The van der Waals surface area contributed by atoms with Crippen LogP contribution in [-0.2, 0) is 4.74 Å². The molecule has 0 saturated heterocycles. The summed E-state index contributed by atoms with van der Waals surface area (Å²) < 4.78 is 4.83. The van der Waals surface area contributed by atoms with Crippen LogP contribution in [-0.4, -0.2) is 24.4 Å². The molecule has 0 aliphatic rings. The average molecular weight is 144 g/mol. The maximum absolute atomic E-state index is 9.49. The fourth-order valence-electron chi connectivity index (χ4n) is 0.735. The summed E-state index contributed by atoms with van der Waals surface area (Å²) in [6.07, 6.45) is 3.00. The number of ether oxygens (including phenoxy) is 1. The quantitative estimate of drug-likeness (QED) is 0.590. The normalized spacial score (nSPS) is 16.3. The molecule has 60 valence electrons. The van der Waals surface area contributed by atoms with E-state index in [0.29, 0.717) is 19.4 Å². The van der Waals surface area contributed by atoms with E-state index in [4.69, 9.17) is 4.74 Å². The number of aliphatic hydroxyl groups is 1. The van der Waals surface area contributed by atoms with Crippen molar-refractivity contribution in [2.45, 2.75) is 25.4 Å². The fourth-order valence-corrected chi connectivity index (χ4v) is 0.735. The van der Waals surface area contributed by atoms with Crippen LogP contribution in [0.15, 0.2) is 12.7 Å². The van der Waals surface area contributed by atoms with Crippen molar-refractivity contribution in [1.29, 1.82) is 0 Å². The van der Waals surface area contributed by atoms with Crippen molar-refractivity contribution < 1.29 is 9.84 Å². The van der Waals surface area contributed by atoms with Gasteiger partial charge >= 0.3 is 0 Å². The van der Waals surface area contributed by atoms with Gasteiger partial charge in [0.05, 0.1) is 5.60 Å². The Labute approximate surface area is 62.5 Å². The van der Waals surface area contributed by atoms with E-state index in [9.17, 15) is 5.11 Å². The molecule has 1 N–H and O–H groups in total. The van der Waals surface area contributed by atoms with Gasteiger partial charge in [0.1, 0.15) is 0 Å². The molecule has 10 heavy (non-hydrogen) atoms. The van der Waals surface area contributed by atoms with Crippen LogP contribution in [0.25, 0.3) is 0 Å². The molecule has 1 atom stereocenters. The first-order valence-electron chi connectivity index (χ1n) is 3.44. The van der Waals surface area contributed by atoms with Crippen molar-refractivity contribution in [3.8, 4) is 0 Å². The van der Waals surface area contributed by atoms with Crippen molar-refractivity contribution in [2.24, 2.45) is 0 Å². The Balaban J connectivity index is 3.51.